The number of amides is 1. The second-order valence-corrected chi connectivity index (χ2v) is 6.92. The number of benzene rings is 2. The Kier molecular flexibility index (Phi) is 5.09. The fourth-order valence-corrected chi connectivity index (χ4v) is 3.58. The number of nitrogens with one attached hydrogen (secondary N) is 2. The third-order valence-electron chi connectivity index (χ3n) is 4.96. The summed E-state index contributed by atoms with van der Waals surface area (Å²) in [4.78, 5) is 15.3. The molecule has 1 amide bonds. The topological polar surface area (TPSA) is 54.1 Å². The lowest BCUT2D eigenvalue weighted by molar-refractivity contribution is -0.121. The predicted octanol–water partition coefficient (Wildman–Crippen LogP) is 4.09. The molecular formula is C21H19F3N2O2. The maximum Gasteiger partial charge on any atom is 0.220 e. The lowest BCUT2D eigenvalue weighted by atomic mass is 10.0. The summed E-state index contributed by atoms with van der Waals surface area (Å²) in [6.07, 6.45) is 1.22. The number of H-pyrrole nitrogens is 1. The molecule has 1 unspecified atom stereocenters. The van der Waals surface area contributed by atoms with Gasteiger partial charge in [-0.25, -0.2) is 13.2 Å². The van der Waals surface area contributed by atoms with Crippen LogP contribution >= 0.6 is 0 Å². The fraction of sp³-hybridized carbons (Fsp3) is 0.286. The van der Waals surface area contributed by atoms with Crippen LogP contribution in [0.4, 0.5) is 13.2 Å². The molecule has 1 aliphatic rings. The average Bonchev–Trinajstić information content (AvgIpc) is 3.28. The number of aryl methyl sites for hydroxylation is 1. The van der Waals surface area contributed by atoms with Gasteiger partial charge in [0.1, 0.15) is 17.5 Å². The first-order chi connectivity index (χ1) is 13.5. The first-order valence-corrected chi connectivity index (χ1v) is 9.14. The Hall–Kier alpha value is -2.80. The zero-order valence-corrected chi connectivity index (χ0v) is 15.0. The summed E-state index contributed by atoms with van der Waals surface area (Å²) in [5, 5.41) is 3.29. The molecule has 1 fully saturated rings. The van der Waals surface area contributed by atoms with Crippen LogP contribution in [-0.4, -0.2) is 30.1 Å². The zero-order chi connectivity index (χ0) is 19.7. The predicted molar refractivity (Wildman–Crippen MR) is 99.3 cm³/mol. The van der Waals surface area contributed by atoms with Crippen LogP contribution in [0.1, 0.15) is 18.4 Å². The molecule has 0 spiro atoms. The van der Waals surface area contributed by atoms with Gasteiger partial charge in [-0.05, 0) is 54.3 Å². The molecule has 2 aromatic carbocycles. The Bertz CT molecular complexity index is 1010. The van der Waals surface area contributed by atoms with E-state index < -0.39 is 17.5 Å². The quantitative estimate of drug-likeness (QED) is 0.692. The number of ether oxygens (including phenoxy) is 1. The monoisotopic (exact) mass is 388 g/mol. The van der Waals surface area contributed by atoms with Gasteiger partial charge in [0.15, 0.2) is 0 Å². The highest BCUT2D eigenvalue weighted by molar-refractivity contribution is 5.92. The van der Waals surface area contributed by atoms with E-state index in [0.29, 0.717) is 35.4 Å². The average molecular weight is 388 g/mol. The number of fused-ring (bicyclic) bond motifs is 1. The van der Waals surface area contributed by atoms with Crippen molar-refractivity contribution in [2.75, 3.05) is 13.2 Å². The maximum absolute atomic E-state index is 14.3. The van der Waals surface area contributed by atoms with Gasteiger partial charge in [-0.15, -0.1) is 0 Å². The van der Waals surface area contributed by atoms with Gasteiger partial charge >= 0.3 is 0 Å². The van der Waals surface area contributed by atoms with Gasteiger partial charge in [0.25, 0.3) is 0 Å². The van der Waals surface area contributed by atoms with Gasteiger partial charge in [-0.3, -0.25) is 4.79 Å². The van der Waals surface area contributed by atoms with Gasteiger partial charge < -0.3 is 15.0 Å². The minimum Gasteiger partial charge on any atom is -0.379 e. The Balaban J connectivity index is 1.66. The molecule has 1 aromatic heterocycles. The van der Waals surface area contributed by atoms with Crippen LogP contribution < -0.4 is 5.32 Å². The normalized spacial score (nSPS) is 16.6. The van der Waals surface area contributed by atoms with Crippen molar-refractivity contribution in [3.05, 3.63) is 59.4 Å². The van der Waals surface area contributed by atoms with Gasteiger partial charge in [0.05, 0.1) is 18.2 Å². The molecule has 4 rings (SSSR count). The van der Waals surface area contributed by atoms with E-state index in [4.69, 9.17) is 4.74 Å². The molecule has 4 nitrogen and oxygen atoms in total. The molecule has 1 saturated heterocycles. The van der Waals surface area contributed by atoms with Gasteiger partial charge in [-0.2, -0.15) is 0 Å². The van der Waals surface area contributed by atoms with Crippen molar-refractivity contribution in [3.8, 4) is 11.3 Å². The molecule has 2 N–H and O–H groups in total. The van der Waals surface area contributed by atoms with Crippen molar-refractivity contribution in [2.45, 2.75) is 25.3 Å². The Morgan fingerprint density at radius 2 is 1.93 bits per heavy atom. The van der Waals surface area contributed by atoms with E-state index >= 15 is 0 Å². The minimum atomic E-state index is -0.711. The molecule has 3 aromatic rings. The van der Waals surface area contributed by atoms with E-state index in [1.807, 2.05) is 0 Å². The molecule has 1 aliphatic heterocycles. The molecule has 1 atom stereocenters. The van der Waals surface area contributed by atoms with E-state index in [1.54, 1.807) is 12.1 Å². The Morgan fingerprint density at radius 1 is 1.14 bits per heavy atom. The molecule has 28 heavy (non-hydrogen) atoms. The molecule has 0 saturated carbocycles. The van der Waals surface area contributed by atoms with Crippen LogP contribution in [0.2, 0.25) is 0 Å². The number of halogens is 3. The number of hydrogen-bond acceptors (Lipinski definition) is 2. The first kappa shape index (κ1) is 18.6. The Labute approximate surface area is 159 Å². The van der Waals surface area contributed by atoms with E-state index in [2.05, 4.69) is 10.3 Å². The highest BCUT2D eigenvalue weighted by Gasteiger charge is 2.20. The van der Waals surface area contributed by atoms with Crippen LogP contribution in [0.15, 0.2) is 36.4 Å². The lowest BCUT2D eigenvalue weighted by Gasteiger charge is -2.11. The molecule has 0 aliphatic carbocycles. The summed E-state index contributed by atoms with van der Waals surface area (Å²) in [6.45, 7) is 1.12. The SMILES string of the molecule is O=C(CCc1c(-c2ccc(F)cc2)[nH]c2c(F)cc(F)cc12)NC1CCOC1. The molecule has 2 heterocycles. The number of rotatable bonds is 5. The number of carbonyl (C=O) groups excluding carboxylic acids is 1. The number of carbonyl (C=O) groups is 1. The summed E-state index contributed by atoms with van der Waals surface area (Å²) >= 11 is 0. The largest absolute Gasteiger partial charge is 0.379 e. The second-order valence-electron chi connectivity index (χ2n) is 6.92. The summed E-state index contributed by atoms with van der Waals surface area (Å²) in [7, 11) is 0. The van der Waals surface area contributed by atoms with Crippen molar-refractivity contribution in [1.82, 2.24) is 10.3 Å². The molecular weight excluding hydrogens is 369 g/mol. The van der Waals surface area contributed by atoms with Crippen molar-refractivity contribution >= 4 is 16.8 Å². The van der Waals surface area contributed by atoms with E-state index in [-0.39, 0.29) is 30.3 Å². The second kappa shape index (κ2) is 7.67. The molecule has 146 valence electrons. The van der Waals surface area contributed by atoms with Crippen molar-refractivity contribution in [3.63, 3.8) is 0 Å². The Morgan fingerprint density at radius 3 is 2.64 bits per heavy atom. The van der Waals surface area contributed by atoms with Crippen molar-refractivity contribution in [1.29, 1.82) is 0 Å². The standard InChI is InChI=1S/C21H19F3N2O2/c22-13-3-1-12(2-4-13)20-16(5-6-19(27)25-15-7-8-28-11-15)17-9-14(23)10-18(24)21(17)26-20/h1-4,9-10,15,26H,5-8,11H2,(H,25,27). The highest BCUT2D eigenvalue weighted by atomic mass is 19.1. The van der Waals surface area contributed by atoms with Crippen LogP contribution in [0.25, 0.3) is 22.2 Å². The summed E-state index contributed by atoms with van der Waals surface area (Å²) in [5.74, 6) is -1.94. The minimum absolute atomic E-state index is 0.00178. The zero-order valence-electron chi connectivity index (χ0n) is 15.0. The highest BCUT2D eigenvalue weighted by Crippen LogP contribution is 2.33. The molecule has 7 heteroatoms. The van der Waals surface area contributed by atoms with Crippen molar-refractivity contribution < 1.29 is 22.7 Å². The van der Waals surface area contributed by atoms with Gasteiger partial charge in [0, 0.05) is 30.2 Å². The van der Waals surface area contributed by atoms with E-state index in [9.17, 15) is 18.0 Å². The fourth-order valence-electron chi connectivity index (χ4n) is 3.58. The van der Waals surface area contributed by atoms with Crippen molar-refractivity contribution in [2.24, 2.45) is 0 Å². The number of hydrogen-bond donors (Lipinski definition) is 2. The van der Waals surface area contributed by atoms with Crippen LogP contribution in [0.3, 0.4) is 0 Å². The number of aromatic nitrogens is 1. The van der Waals surface area contributed by atoms with E-state index in [0.717, 1.165) is 12.5 Å². The number of aromatic amines is 1. The smallest absolute Gasteiger partial charge is 0.220 e. The van der Waals surface area contributed by atoms with E-state index in [1.165, 1.54) is 18.2 Å². The third-order valence-corrected chi connectivity index (χ3v) is 4.96. The third kappa shape index (κ3) is 3.75. The van der Waals surface area contributed by atoms with Gasteiger partial charge in [0.2, 0.25) is 5.91 Å². The summed E-state index contributed by atoms with van der Waals surface area (Å²) in [5.41, 5.74) is 1.98. The molecule has 0 radical (unpaired) electrons. The van der Waals surface area contributed by atoms with Crippen LogP contribution in [0, 0.1) is 17.5 Å². The van der Waals surface area contributed by atoms with Gasteiger partial charge in [-0.1, -0.05) is 0 Å². The van der Waals surface area contributed by atoms with Crippen LogP contribution in [0.5, 0.6) is 0 Å². The summed E-state index contributed by atoms with van der Waals surface area (Å²) < 4.78 is 46.6. The lowest BCUT2D eigenvalue weighted by Crippen LogP contribution is -2.35. The summed E-state index contributed by atoms with van der Waals surface area (Å²) in [6, 6.07) is 7.79. The van der Waals surface area contributed by atoms with Crippen LogP contribution in [-0.2, 0) is 16.0 Å². The maximum atomic E-state index is 14.3. The molecule has 0 bridgehead atoms. The first-order valence-electron chi connectivity index (χ1n) is 9.14.